The third-order valence-corrected chi connectivity index (χ3v) is 3.08. The minimum absolute atomic E-state index is 0.222. The third-order valence-electron chi connectivity index (χ3n) is 2.84. The third kappa shape index (κ3) is 2.97. The first-order valence-electron chi connectivity index (χ1n) is 5.95. The normalized spacial score (nSPS) is 10.1. The summed E-state index contributed by atoms with van der Waals surface area (Å²) < 4.78 is 0. The van der Waals surface area contributed by atoms with Crippen LogP contribution in [0.5, 0.6) is 0 Å². The smallest absolute Gasteiger partial charge is 0.278 e. The summed E-state index contributed by atoms with van der Waals surface area (Å²) in [5, 5.41) is 0. The van der Waals surface area contributed by atoms with Crippen LogP contribution in [0, 0.1) is 6.92 Å². The van der Waals surface area contributed by atoms with Crippen LogP contribution in [-0.2, 0) is 0 Å². The van der Waals surface area contributed by atoms with Crippen molar-refractivity contribution in [1.82, 2.24) is 9.97 Å². The maximum absolute atomic E-state index is 12.2. The molecule has 102 valence electrons. The molecular formula is C14H14N4OS. The van der Waals surface area contributed by atoms with Gasteiger partial charge in [-0.2, -0.15) is 0 Å². The van der Waals surface area contributed by atoms with E-state index in [4.69, 9.17) is 18.0 Å². The zero-order valence-corrected chi connectivity index (χ0v) is 12.0. The molecule has 0 unspecified atom stereocenters. The van der Waals surface area contributed by atoms with Crippen LogP contribution >= 0.6 is 12.2 Å². The lowest BCUT2D eigenvalue weighted by atomic mass is 10.2. The Balaban J connectivity index is 2.22. The number of carbonyl (C=O) groups excluding carboxylic acids is 1. The number of benzene rings is 1. The summed E-state index contributed by atoms with van der Waals surface area (Å²) in [6.45, 7) is 1.82. The molecule has 0 aliphatic carbocycles. The molecule has 1 aromatic heterocycles. The molecule has 0 aliphatic rings. The molecule has 20 heavy (non-hydrogen) atoms. The maximum Gasteiger partial charge on any atom is 0.278 e. The van der Waals surface area contributed by atoms with Gasteiger partial charge in [-0.3, -0.25) is 9.78 Å². The number of hydrogen-bond donors (Lipinski definition) is 1. The fraction of sp³-hybridized carbons (Fsp3) is 0.143. The van der Waals surface area contributed by atoms with Crippen molar-refractivity contribution in [2.45, 2.75) is 6.92 Å². The molecule has 1 aromatic carbocycles. The van der Waals surface area contributed by atoms with Gasteiger partial charge in [-0.05, 0) is 31.2 Å². The van der Waals surface area contributed by atoms with Crippen molar-refractivity contribution in [3.05, 3.63) is 53.6 Å². The van der Waals surface area contributed by atoms with E-state index in [-0.39, 0.29) is 5.91 Å². The van der Waals surface area contributed by atoms with Gasteiger partial charge in [0.1, 0.15) is 10.7 Å². The lowest BCUT2D eigenvalue weighted by Crippen LogP contribution is -2.27. The SMILES string of the molecule is Cc1cnc(C(=O)N(C)c2ccc(C(N)=S)cc2)cn1. The number of thiocarbonyl (C=S) groups is 1. The zero-order valence-electron chi connectivity index (χ0n) is 11.2. The lowest BCUT2D eigenvalue weighted by molar-refractivity contribution is 0.0988. The molecule has 0 aliphatic heterocycles. The number of aryl methyl sites for hydroxylation is 1. The van der Waals surface area contributed by atoms with Crippen LogP contribution in [0.25, 0.3) is 0 Å². The fourth-order valence-electron chi connectivity index (χ4n) is 1.64. The molecule has 1 amide bonds. The maximum atomic E-state index is 12.2. The van der Waals surface area contributed by atoms with Gasteiger partial charge in [-0.25, -0.2) is 4.98 Å². The standard InChI is InChI=1S/C14H14N4OS/c1-9-7-17-12(8-16-9)14(19)18(2)11-5-3-10(4-6-11)13(15)20/h3-8H,1-2H3,(H2,15,20). The van der Waals surface area contributed by atoms with Gasteiger partial charge >= 0.3 is 0 Å². The van der Waals surface area contributed by atoms with E-state index in [1.807, 2.05) is 6.92 Å². The Morgan fingerprint density at radius 2 is 1.85 bits per heavy atom. The summed E-state index contributed by atoms with van der Waals surface area (Å²) in [6, 6.07) is 7.13. The molecule has 0 saturated heterocycles. The molecule has 2 N–H and O–H groups in total. The number of aromatic nitrogens is 2. The van der Waals surface area contributed by atoms with Crippen LogP contribution in [0.1, 0.15) is 21.7 Å². The van der Waals surface area contributed by atoms with Crippen molar-refractivity contribution in [2.75, 3.05) is 11.9 Å². The van der Waals surface area contributed by atoms with Crippen molar-refractivity contribution in [2.24, 2.45) is 5.73 Å². The quantitative estimate of drug-likeness (QED) is 0.869. The minimum atomic E-state index is -0.222. The van der Waals surface area contributed by atoms with Gasteiger partial charge in [0.05, 0.1) is 11.9 Å². The van der Waals surface area contributed by atoms with Gasteiger partial charge in [0.15, 0.2) is 0 Å². The summed E-state index contributed by atoms with van der Waals surface area (Å²) in [6.07, 6.45) is 3.04. The van der Waals surface area contributed by atoms with Gasteiger partial charge in [-0.1, -0.05) is 12.2 Å². The molecule has 0 atom stereocenters. The van der Waals surface area contributed by atoms with Gasteiger partial charge < -0.3 is 10.6 Å². The number of rotatable bonds is 3. The Hall–Kier alpha value is -2.34. The first-order chi connectivity index (χ1) is 9.49. The molecule has 0 spiro atoms. The zero-order chi connectivity index (χ0) is 14.7. The van der Waals surface area contributed by atoms with Crippen molar-refractivity contribution in [3.8, 4) is 0 Å². The van der Waals surface area contributed by atoms with E-state index in [2.05, 4.69) is 9.97 Å². The number of nitrogens with zero attached hydrogens (tertiary/aromatic N) is 3. The van der Waals surface area contributed by atoms with E-state index in [0.717, 1.165) is 16.9 Å². The van der Waals surface area contributed by atoms with Gasteiger partial charge in [0, 0.05) is 24.5 Å². The number of amides is 1. The van der Waals surface area contributed by atoms with Crippen LogP contribution in [0.3, 0.4) is 0 Å². The van der Waals surface area contributed by atoms with Crippen molar-refractivity contribution in [3.63, 3.8) is 0 Å². The lowest BCUT2D eigenvalue weighted by Gasteiger charge is -2.17. The highest BCUT2D eigenvalue weighted by Crippen LogP contribution is 2.15. The molecule has 0 bridgehead atoms. The molecule has 2 aromatic rings. The molecule has 1 heterocycles. The van der Waals surface area contributed by atoms with Crippen molar-refractivity contribution >= 4 is 28.8 Å². The second-order valence-corrected chi connectivity index (χ2v) is 4.76. The topological polar surface area (TPSA) is 72.1 Å². The van der Waals surface area contributed by atoms with Crippen LogP contribution in [-0.4, -0.2) is 27.9 Å². The highest BCUT2D eigenvalue weighted by molar-refractivity contribution is 7.80. The second-order valence-electron chi connectivity index (χ2n) is 4.32. The molecule has 6 heteroatoms. The van der Waals surface area contributed by atoms with E-state index in [1.165, 1.54) is 11.1 Å². The van der Waals surface area contributed by atoms with E-state index >= 15 is 0 Å². The molecule has 0 radical (unpaired) electrons. The van der Waals surface area contributed by atoms with Crippen LogP contribution in [0.15, 0.2) is 36.7 Å². The molecular weight excluding hydrogens is 272 g/mol. The minimum Gasteiger partial charge on any atom is -0.389 e. The number of nitrogens with two attached hydrogens (primary N) is 1. The molecule has 0 saturated carbocycles. The van der Waals surface area contributed by atoms with Gasteiger partial charge in [-0.15, -0.1) is 0 Å². The largest absolute Gasteiger partial charge is 0.389 e. The van der Waals surface area contributed by atoms with E-state index < -0.39 is 0 Å². The Morgan fingerprint density at radius 1 is 1.20 bits per heavy atom. The molecule has 2 rings (SSSR count). The summed E-state index contributed by atoms with van der Waals surface area (Å²) in [5.41, 5.74) is 8.11. The second kappa shape index (κ2) is 5.75. The van der Waals surface area contributed by atoms with E-state index in [1.54, 1.807) is 37.5 Å². The first-order valence-corrected chi connectivity index (χ1v) is 6.36. The van der Waals surface area contributed by atoms with E-state index in [9.17, 15) is 4.79 Å². The van der Waals surface area contributed by atoms with Crippen molar-refractivity contribution < 1.29 is 4.79 Å². The van der Waals surface area contributed by atoms with Gasteiger partial charge in [0.25, 0.3) is 5.91 Å². The number of anilines is 1. The predicted octanol–water partition coefficient (Wildman–Crippen LogP) is 1.70. The summed E-state index contributed by atoms with van der Waals surface area (Å²) in [7, 11) is 1.68. The Labute approximate surface area is 122 Å². The fourth-order valence-corrected chi connectivity index (χ4v) is 1.78. The highest BCUT2D eigenvalue weighted by atomic mass is 32.1. The van der Waals surface area contributed by atoms with E-state index in [0.29, 0.717) is 10.7 Å². The monoisotopic (exact) mass is 286 g/mol. The summed E-state index contributed by atoms with van der Waals surface area (Å²) >= 11 is 4.89. The first kappa shape index (κ1) is 14.1. The predicted molar refractivity (Wildman–Crippen MR) is 81.8 cm³/mol. The number of carbonyl (C=O) groups is 1. The van der Waals surface area contributed by atoms with Crippen LogP contribution in [0.2, 0.25) is 0 Å². The van der Waals surface area contributed by atoms with Crippen LogP contribution < -0.4 is 10.6 Å². The molecule has 5 nitrogen and oxygen atoms in total. The Morgan fingerprint density at radius 3 is 2.35 bits per heavy atom. The highest BCUT2D eigenvalue weighted by Gasteiger charge is 2.15. The van der Waals surface area contributed by atoms with Crippen molar-refractivity contribution in [1.29, 1.82) is 0 Å². The number of hydrogen-bond acceptors (Lipinski definition) is 4. The average molecular weight is 286 g/mol. The average Bonchev–Trinajstić information content (AvgIpc) is 2.46. The summed E-state index contributed by atoms with van der Waals surface area (Å²) in [5.74, 6) is -0.222. The Bertz CT molecular complexity index is 637. The van der Waals surface area contributed by atoms with Crippen LogP contribution in [0.4, 0.5) is 5.69 Å². The Kier molecular flexibility index (Phi) is 4.05. The summed E-state index contributed by atoms with van der Waals surface area (Å²) in [4.78, 5) is 22.2. The molecule has 0 fully saturated rings. The van der Waals surface area contributed by atoms with Gasteiger partial charge in [0.2, 0.25) is 0 Å².